The number of nitrogens with zero attached hydrogens (tertiary/aromatic N) is 1. The number of carbonyl (C=O) groups is 1. The van der Waals surface area contributed by atoms with Crippen molar-refractivity contribution in [3.63, 3.8) is 0 Å². The third-order valence-electron chi connectivity index (χ3n) is 5.16. The topological polar surface area (TPSA) is 75.7 Å². The number of carbonyl (C=O) groups excluding carboxylic acids is 1. The standard InChI is InChI=1S/C21H22ClF3N2O4S/c1-2-31-19-8-7-15(13-17(19)22)32(29,30)27-11-9-14(10-12-27)20(28)26-18-6-4-3-5-16(18)21(23,24)25/h3-8,13-14H,2,9-12H2,1H3,(H,26,28). The Morgan fingerprint density at radius 1 is 1.19 bits per heavy atom. The van der Waals surface area contributed by atoms with E-state index in [9.17, 15) is 26.4 Å². The Morgan fingerprint density at radius 2 is 1.84 bits per heavy atom. The van der Waals surface area contributed by atoms with Crippen molar-refractivity contribution in [1.82, 2.24) is 4.31 Å². The van der Waals surface area contributed by atoms with E-state index in [4.69, 9.17) is 16.3 Å². The van der Waals surface area contributed by atoms with Gasteiger partial charge in [-0.25, -0.2) is 8.42 Å². The van der Waals surface area contributed by atoms with Gasteiger partial charge in [0, 0.05) is 19.0 Å². The van der Waals surface area contributed by atoms with Crippen LogP contribution in [0, 0.1) is 5.92 Å². The zero-order valence-corrected chi connectivity index (χ0v) is 18.7. The number of sulfonamides is 1. The number of alkyl halides is 3. The summed E-state index contributed by atoms with van der Waals surface area (Å²) in [5.41, 5.74) is -1.25. The second-order valence-electron chi connectivity index (χ2n) is 7.24. The average molecular weight is 491 g/mol. The smallest absolute Gasteiger partial charge is 0.418 e. The van der Waals surface area contributed by atoms with Crippen molar-refractivity contribution in [3.8, 4) is 5.75 Å². The number of amides is 1. The highest BCUT2D eigenvalue weighted by molar-refractivity contribution is 7.89. The van der Waals surface area contributed by atoms with Crippen LogP contribution in [0.25, 0.3) is 0 Å². The molecule has 0 bridgehead atoms. The molecule has 11 heteroatoms. The molecule has 174 valence electrons. The Balaban J connectivity index is 1.66. The van der Waals surface area contributed by atoms with Gasteiger partial charge in [0.05, 0.1) is 27.8 Å². The first-order chi connectivity index (χ1) is 15.0. The second kappa shape index (κ2) is 9.68. The molecule has 1 aliphatic heterocycles. The van der Waals surface area contributed by atoms with Crippen LogP contribution in [0.15, 0.2) is 47.4 Å². The maximum atomic E-state index is 13.1. The van der Waals surface area contributed by atoms with Crippen LogP contribution in [0.4, 0.5) is 18.9 Å². The number of rotatable bonds is 6. The summed E-state index contributed by atoms with van der Waals surface area (Å²) in [6.45, 7) is 2.29. The Morgan fingerprint density at radius 3 is 2.44 bits per heavy atom. The van der Waals surface area contributed by atoms with Gasteiger partial charge in [0.25, 0.3) is 0 Å². The molecule has 2 aromatic rings. The van der Waals surface area contributed by atoms with Gasteiger partial charge in [-0.1, -0.05) is 23.7 Å². The minimum atomic E-state index is -4.60. The number of piperidine rings is 1. The van der Waals surface area contributed by atoms with E-state index in [0.29, 0.717) is 12.4 Å². The summed E-state index contributed by atoms with van der Waals surface area (Å²) >= 11 is 6.10. The molecule has 0 aromatic heterocycles. The molecule has 0 spiro atoms. The SMILES string of the molecule is CCOc1ccc(S(=O)(=O)N2CCC(C(=O)Nc3ccccc3C(F)(F)F)CC2)cc1Cl. The molecule has 1 aliphatic rings. The van der Waals surface area contributed by atoms with E-state index >= 15 is 0 Å². The maximum absolute atomic E-state index is 13.1. The highest BCUT2D eigenvalue weighted by Gasteiger charge is 2.36. The van der Waals surface area contributed by atoms with E-state index in [0.717, 1.165) is 6.07 Å². The van der Waals surface area contributed by atoms with Crippen LogP contribution in [0.1, 0.15) is 25.3 Å². The summed E-state index contributed by atoms with van der Waals surface area (Å²) in [6.07, 6.45) is -4.23. The monoisotopic (exact) mass is 490 g/mol. The molecule has 6 nitrogen and oxygen atoms in total. The first-order valence-corrected chi connectivity index (χ1v) is 11.8. The number of hydrogen-bond acceptors (Lipinski definition) is 4. The Kier molecular flexibility index (Phi) is 7.36. The fraction of sp³-hybridized carbons (Fsp3) is 0.381. The summed E-state index contributed by atoms with van der Waals surface area (Å²) in [5, 5.41) is 2.51. The third-order valence-corrected chi connectivity index (χ3v) is 7.35. The first-order valence-electron chi connectivity index (χ1n) is 9.93. The molecule has 1 amide bonds. The van der Waals surface area contributed by atoms with Gasteiger partial charge in [-0.3, -0.25) is 4.79 Å². The second-order valence-corrected chi connectivity index (χ2v) is 9.58. The number of halogens is 4. The van der Waals surface area contributed by atoms with Gasteiger partial charge in [-0.15, -0.1) is 0 Å². The molecule has 2 aromatic carbocycles. The van der Waals surface area contributed by atoms with Crippen LogP contribution in [0.2, 0.25) is 5.02 Å². The normalized spacial score (nSPS) is 16.0. The van der Waals surface area contributed by atoms with Crippen LogP contribution in [0.5, 0.6) is 5.75 Å². The molecule has 32 heavy (non-hydrogen) atoms. The molecule has 3 rings (SSSR count). The molecule has 1 heterocycles. The van der Waals surface area contributed by atoms with Crippen molar-refractivity contribution in [3.05, 3.63) is 53.1 Å². The Labute approximate surface area is 189 Å². The molecule has 0 aliphatic carbocycles. The van der Waals surface area contributed by atoms with Crippen LogP contribution in [-0.2, 0) is 21.0 Å². The number of para-hydroxylation sites is 1. The van der Waals surface area contributed by atoms with E-state index in [2.05, 4.69) is 5.32 Å². The lowest BCUT2D eigenvalue weighted by atomic mass is 9.97. The quantitative estimate of drug-likeness (QED) is 0.631. The van der Waals surface area contributed by atoms with Crippen molar-refractivity contribution >= 4 is 33.2 Å². The highest BCUT2D eigenvalue weighted by Crippen LogP contribution is 2.35. The molecule has 1 saturated heterocycles. The maximum Gasteiger partial charge on any atom is 0.418 e. The fourth-order valence-corrected chi connectivity index (χ4v) is 5.29. The van der Waals surface area contributed by atoms with Gasteiger partial charge in [-0.05, 0) is 50.1 Å². The van der Waals surface area contributed by atoms with Gasteiger partial charge >= 0.3 is 6.18 Å². The van der Waals surface area contributed by atoms with Crippen LogP contribution in [0.3, 0.4) is 0 Å². The van der Waals surface area contributed by atoms with Crippen molar-refractivity contribution in [1.29, 1.82) is 0 Å². The number of hydrogen-bond donors (Lipinski definition) is 1. The molecule has 0 atom stereocenters. The molecular weight excluding hydrogens is 469 g/mol. The zero-order chi connectivity index (χ0) is 23.5. The molecule has 0 saturated carbocycles. The largest absolute Gasteiger partial charge is 0.492 e. The summed E-state index contributed by atoms with van der Waals surface area (Å²) in [4.78, 5) is 12.5. The summed E-state index contributed by atoms with van der Waals surface area (Å²) in [6, 6.07) is 8.94. The van der Waals surface area contributed by atoms with E-state index in [1.54, 1.807) is 6.92 Å². The Bertz CT molecular complexity index is 1080. The predicted octanol–water partition coefficient (Wildman–Crippen LogP) is 4.80. The van der Waals surface area contributed by atoms with Crippen LogP contribution in [-0.4, -0.2) is 38.3 Å². The van der Waals surface area contributed by atoms with Crippen molar-refractivity contribution < 1.29 is 31.1 Å². The number of benzene rings is 2. The predicted molar refractivity (Wildman–Crippen MR) is 114 cm³/mol. The van der Waals surface area contributed by atoms with E-state index in [1.807, 2.05) is 0 Å². The lowest BCUT2D eigenvalue weighted by molar-refractivity contribution is -0.137. The Hall–Kier alpha value is -2.30. The minimum absolute atomic E-state index is 0.00737. The third kappa shape index (κ3) is 5.36. The highest BCUT2D eigenvalue weighted by atomic mass is 35.5. The molecule has 0 unspecified atom stereocenters. The molecule has 0 radical (unpaired) electrons. The van der Waals surface area contributed by atoms with Crippen LogP contribution < -0.4 is 10.1 Å². The summed E-state index contributed by atoms with van der Waals surface area (Å²) < 4.78 is 71.8. The first kappa shape index (κ1) is 24.3. The van der Waals surface area contributed by atoms with Crippen molar-refractivity contribution in [2.24, 2.45) is 5.92 Å². The van der Waals surface area contributed by atoms with Gasteiger partial charge in [0.2, 0.25) is 15.9 Å². The lowest BCUT2D eigenvalue weighted by Crippen LogP contribution is -2.41. The summed E-state index contributed by atoms with van der Waals surface area (Å²) in [7, 11) is -3.84. The van der Waals surface area contributed by atoms with Gasteiger partial charge < -0.3 is 10.1 Å². The number of anilines is 1. The zero-order valence-electron chi connectivity index (χ0n) is 17.2. The number of ether oxygens (including phenoxy) is 1. The van der Waals surface area contributed by atoms with E-state index in [-0.39, 0.29) is 41.5 Å². The van der Waals surface area contributed by atoms with E-state index < -0.39 is 33.6 Å². The van der Waals surface area contributed by atoms with Gasteiger partial charge in [0.1, 0.15) is 5.75 Å². The molecular formula is C21H22ClF3N2O4S. The fourth-order valence-electron chi connectivity index (χ4n) is 3.50. The molecule has 1 fully saturated rings. The van der Waals surface area contributed by atoms with Crippen LogP contribution >= 0.6 is 11.6 Å². The number of nitrogens with one attached hydrogen (secondary N) is 1. The molecule has 1 N–H and O–H groups in total. The summed E-state index contributed by atoms with van der Waals surface area (Å²) in [5.74, 6) is -0.794. The minimum Gasteiger partial charge on any atom is -0.492 e. The average Bonchev–Trinajstić information content (AvgIpc) is 2.75. The lowest BCUT2D eigenvalue weighted by Gasteiger charge is -2.30. The van der Waals surface area contributed by atoms with Crippen molar-refractivity contribution in [2.75, 3.05) is 25.0 Å². The van der Waals surface area contributed by atoms with Crippen molar-refractivity contribution in [2.45, 2.75) is 30.8 Å². The van der Waals surface area contributed by atoms with E-state index in [1.165, 1.54) is 40.7 Å². The van der Waals surface area contributed by atoms with Gasteiger partial charge in [-0.2, -0.15) is 17.5 Å². The van der Waals surface area contributed by atoms with Gasteiger partial charge in [0.15, 0.2) is 0 Å².